The second-order valence-electron chi connectivity index (χ2n) is 4.55. The van der Waals surface area contributed by atoms with Crippen molar-refractivity contribution in [2.24, 2.45) is 0 Å². The Morgan fingerprint density at radius 1 is 1.44 bits per heavy atom. The van der Waals surface area contributed by atoms with Crippen molar-refractivity contribution in [2.45, 2.75) is 25.4 Å². The van der Waals surface area contributed by atoms with Crippen LogP contribution >= 0.6 is 27.3 Å². The molecular formula is C13H14BrN3S. The second kappa shape index (κ2) is 4.90. The summed E-state index contributed by atoms with van der Waals surface area (Å²) in [6, 6.07) is 2.79. The van der Waals surface area contributed by atoms with Gasteiger partial charge in [0.15, 0.2) is 0 Å². The van der Waals surface area contributed by atoms with E-state index >= 15 is 0 Å². The Bertz CT molecular complexity index is 517. The average molecular weight is 324 g/mol. The molecule has 5 heteroatoms. The molecule has 0 atom stereocenters. The monoisotopic (exact) mass is 323 g/mol. The van der Waals surface area contributed by atoms with Crippen LogP contribution in [0.5, 0.6) is 0 Å². The van der Waals surface area contributed by atoms with Crippen LogP contribution < -0.4 is 10.6 Å². The zero-order valence-electron chi connectivity index (χ0n) is 9.84. The molecule has 2 aromatic rings. The van der Waals surface area contributed by atoms with Crippen LogP contribution in [0.2, 0.25) is 0 Å². The standard InChI is InChI=1S/C13H14BrN3S/c14-11-5-16-6-12(15)13(11)17(10-1-2-10)7-9-3-4-18-8-9/h3-6,8,10H,1-2,7,15H2. The number of hydrogen-bond donors (Lipinski definition) is 1. The molecule has 3 nitrogen and oxygen atoms in total. The Hall–Kier alpha value is -1.07. The molecule has 0 saturated heterocycles. The van der Waals surface area contributed by atoms with Crippen molar-refractivity contribution in [2.75, 3.05) is 10.6 Å². The van der Waals surface area contributed by atoms with E-state index < -0.39 is 0 Å². The fraction of sp³-hybridized carbons (Fsp3) is 0.308. The quantitative estimate of drug-likeness (QED) is 0.933. The van der Waals surface area contributed by atoms with E-state index in [1.807, 2.05) is 6.20 Å². The maximum Gasteiger partial charge on any atom is 0.0781 e. The zero-order valence-corrected chi connectivity index (χ0v) is 12.2. The van der Waals surface area contributed by atoms with Crippen molar-refractivity contribution in [3.8, 4) is 0 Å². The lowest BCUT2D eigenvalue weighted by Crippen LogP contribution is -2.26. The summed E-state index contributed by atoms with van der Waals surface area (Å²) < 4.78 is 0.977. The van der Waals surface area contributed by atoms with E-state index in [4.69, 9.17) is 5.73 Å². The molecule has 94 valence electrons. The fourth-order valence-electron chi connectivity index (χ4n) is 2.10. The van der Waals surface area contributed by atoms with E-state index in [9.17, 15) is 0 Å². The third-order valence-corrected chi connectivity index (χ3v) is 4.42. The molecule has 2 N–H and O–H groups in total. The highest BCUT2D eigenvalue weighted by atomic mass is 79.9. The lowest BCUT2D eigenvalue weighted by molar-refractivity contribution is 0.794. The first-order valence-electron chi connectivity index (χ1n) is 5.92. The number of nitrogens with zero attached hydrogens (tertiary/aromatic N) is 2. The van der Waals surface area contributed by atoms with Gasteiger partial charge in [0.1, 0.15) is 0 Å². The maximum atomic E-state index is 6.09. The zero-order chi connectivity index (χ0) is 12.5. The first-order chi connectivity index (χ1) is 8.75. The van der Waals surface area contributed by atoms with Crippen LogP contribution in [0.25, 0.3) is 0 Å². The first kappa shape index (κ1) is 12.0. The average Bonchev–Trinajstić information content (AvgIpc) is 3.06. The Kier molecular flexibility index (Phi) is 3.26. The third-order valence-electron chi connectivity index (χ3n) is 3.11. The van der Waals surface area contributed by atoms with Crippen molar-refractivity contribution in [3.63, 3.8) is 0 Å². The smallest absolute Gasteiger partial charge is 0.0781 e. The molecule has 1 saturated carbocycles. The molecule has 2 heterocycles. The fourth-order valence-corrected chi connectivity index (χ4v) is 3.34. The number of nitrogen functional groups attached to an aromatic ring is 1. The van der Waals surface area contributed by atoms with Gasteiger partial charge in [0.25, 0.3) is 0 Å². The largest absolute Gasteiger partial charge is 0.396 e. The lowest BCUT2D eigenvalue weighted by atomic mass is 10.2. The first-order valence-corrected chi connectivity index (χ1v) is 7.66. The van der Waals surface area contributed by atoms with Crippen LogP contribution in [0.4, 0.5) is 11.4 Å². The van der Waals surface area contributed by atoms with Gasteiger partial charge in [-0.15, -0.1) is 0 Å². The predicted molar refractivity (Wildman–Crippen MR) is 79.9 cm³/mol. The lowest BCUT2D eigenvalue weighted by Gasteiger charge is -2.26. The minimum Gasteiger partial charge on any atom is -0.396 e. The molecular weight excluding hydrogens is 310 g/mol. The number of anilines is 2. The summed E-state index contributed by atoms with van der Waals surface area (Å²) in [5, 5.41) is 4.31. The van der Waals surface area contributed by atoms with Gasteiger partial charge < -0.3 is 10.6 Å². The number of rotatable bonds is 4. The van der Waals surface area contributed by atoms with Gasteiger partial charge in [-0.2, -0.15) is 11.3 Å². The van der Waals surface area contributed by atoms with E-state index in [-0.39, 0.29) is 0 Å². The van der Waals surface area contributed by atoms with Gasteiger partial charge in [-0.25, -0.2) is 0 Å². The summed E-state index contributed by atoms with van der Waals surface area (Å²) in [7, 11) is 0. The molecule has 0 bridgehead atoms. The summed E-state index contributed by atoms with van der Waals surface area (Å²) >= 11 is 5.30. The van der Waals surface area contributed by atoms with Gasteiger partial charge in [-0.3, -0.25) is 4.98 Å². The Balaban J connectivity index is 1.94. The van der Waals surface area contributed by atoms with Gasteiger partial charge in [0.2, 0.25) is 0 Å². The molecule has 1 fully saturated rings. The summed E-state index contributed by atoms with van der Waals surface area (Å²) in [6.07, 6.45) is 6.04. The van der Waals surface area contributed by atoms with Crippen LogP contribution in [-0.2, 0) is 6.54 Å². The van der Waals surface area contributed by atoms with E-state index in [2.05, 4.69) is 42.6 Å². The van der Waals surface area contributed by atoms with Gasteiger partial charge >= 0.3 is 0 Å². The molecule has 0 unspecified atom stereocenters. The van der Waals surface area contributed by atoms with E-state index in [0.29, 0.717) is 6.04 Å². The second-order valence-corrected chi connectivity index (χ2v) is 6.18. The molecule has 1 aliphatic carbocycles. The summed E-state index contributed by atoms with van der Waals surface area (Å²) in [5.41, 5.74) is 9.25. The molecule has 0 amide bonds. The van der Waals surface area contributed by atoms with E-state index in [1.165, 1.54) is 18.4 Å². The minimum atomic E-state index is 0.617. The highest BCUT2D eigenvalue weighted by Crippen LogP contribution is 2.39. The van der Waals surface area contributed by atoms with Crippen LogP contribution in [-0.4, -0.2) is 11.0 Å². The number of halogens is 1. The number of thiophene rings is 1. The van der Waals surface area contributed by atoms with Gasteiger partial charge in [0.05, 0.1) is 22.0 Å². The van der Waals surface area contributed by atoms with Gasteiger partial charge in [-0.1, -0.05) is 0 Å². The Morgan fingerprint density at radius 3 is 2.89 bits per heavy atom. The molecule has 2 aromatic heterocycles. The summed E-state index contributed by atoms with van der Waals surface area (Å²) in [6.45, 7) is 0.918. The van der Waals surface area contributed by atoms with Crippen LogP contribution in [0.1, 0.15) is 18.4 Å². The molecule has 0 spiro atoms. The molecule has 18 heavy (non-hydrogen) atoms. The Labute approximate surface area is 119 Å². The Morgan fingerprint density at radius 2 is 2.28 bits per heavy atom. The summed E-state index contributed by atoms with van der Waals surface area (Å²) in [4.78, 5) is 6.50. The molecule has 0 aromatic carbocycles. The van der Waals surface area contributed by atoms with Gasteiger partial charge in [-0.05, 0) is 51.2 Å². The maximum absolute atomic E-state index is 6.09. The normalized spacial score (nSPS) is 14.7. The predicted octanol–water partition coefficient (Wildman–Crippen LogP) is 3.66. The molecule has 3 rings (SSSR count). The number of pyridine rings is 1. The van der Waals surface area contributed by atoms with Crippen molar-refractivity contribution >= 4 is 38.6 Å². The van der Waals surface area contributed by atoms with E-state index in [0.717, 1.165) is 22.4 Å². The van der Waals surface area contributed by atoms with Gasteiger partial charge in [0, 0.05) is 18.8 Å². The highest BCUT2D eigenvalue weighted by molar-refractivity contribution is 9.10. The van der Waals surface area contributed by atoms with E-state index in [1.54, 1.807) is 17.5 Å². The topological polar surface area (TPSA) is 42.1 Å². The number of nitrogens with two attached hydrogens (primary N) is 1. The highest BCUT2D eigenvalue weighted by Gasteiger charge is 2.31. The number of aromatic nitrogens is 1. The third kappa shape index (κ3) is 2.37. The van der Waals surface area contributed by atoms with Crippen LogP contribution in [0, 0.1) is 0 Å². The molecule has 0 aliphatic heterocycles. The van der Waals surface area contributed by atoms with Crippen molar-refractivity contribution < 1.29 is 0 Å². The van der Waals surface area contributed by atoms with Crippen molar-refractivity contribution in [3.05, 3.63) is 39.3 Å². The SMILES string of the molecule is Nc1cncc(Br)c1N(Cc1ccsc1)C1CC1. The van der Waals surface area contributed by atoms with Crippen LogP contribution in [0.15, 0.2) is 33.7 Å². The summed E-state index contributed by atoms with van der Waals surface area (Å²) in [5.74, 6) is 0. The molecule has 0 radical (unpaired) electrons. The number of hydrogen-bond acceptors (Lipinski definition) is 4. The van der Waals surface area contributed by atoms with Crippen LogP contribution in [0.3, 0.4) is 0 Å². The van der Waals surface area contributed by atoms with Crippen molar-refractivity contribution in [1.82, 2.24) is 4.98 Å². The molecule has 1 aliphatic rings. The minimum absolute atomic E-state index is 0.617. The van der Waals surface area contributed by atoms with Crippen molar-refractivity contribution in [1.29, 1.82) is 0 Å².